The Balaban J connectivity index is 0.00000364. The Hall–Kier alpha value is -0.610. The lowest BCUT2D eigenvalue weighted by Gasteiger charge is -2.34. The third-order valence-electron chi connectivity index (χ3n) is 5.49. The SMILES string of the molecule is CCNC(=NCCN1CCCN(C)CC1)N1CCC(CC(=O)NC)CC1.I. The van der Waals surface area contributed by atoms with Gasteiger partial charge in [-0.25, -0.2) is 0 Å². The molecule has 2 aliphatic heterocycles. The second-order valence-corrected chi connectivity index (χ2v) is 7.54. The van der Waals surface area contributed by atoms with E-state index >= 15 is 0 Å². The van der Waals surface area contributed by atoms with Crippen LogP contribution in [0, 0.1) is 5.92 Å². The number of hydrogen-bond donors (Lipinski definition) is 2. The fraction of sp³-hybridized carbons (Fsp3) is 0.895. The van der Waals surface area contributed by atoms with Crippen molar-refractivity contribution in [3.05, 3.63) is 0 Å². The van der Waals surface area contributed by atoms with Gasteiger partial charge in [-0.3, -0.25) is 9.79 Å². The van der Waals surface area contributed by atoms with Gasteiger partial charge in [0, 0.05) is 52.7 Å². The summed E-state index contributed by atoms with van der Waals surface area (Å²) < 4.78 is 0. The first kappa shape index (κ1) is 24.4. The molecule has 0 aromatic rings. The fourth-order valence-corrected chi connectivity index (χ4v) is 3.76. The first-order chi connectivity index (χ1) is 12.6. The van der Waals surface area contributed by atoms with Crippen molar-refractivity contribution in [2.75, 3.05) is 73.0 Å². The number of piperidine rings is 1. The van der Waals surface area contributed by atoms with Crippen molar-refractivity contribution < 1.29 is 4.79 Å². The van der Waals surface area contributed by atoms with Crippen LogP contribution in [0.1, 0.15) is 32.6 Å². The number of carbonyl (C=O) groups is 1. The van der Waals surface area contributed by atoms with Crippen LogP contribution < -0.4 is 10.6 Å². The predicted octanol–water partition coefficient (Wildman–Crippen LogP) is 1.06. The van der Waals surface area contributed by atoms with Crippen molar-refractivity contribution in [3.8, 4) is 0 Å². The smallest absolute Gasteiger partial charge is 0.220 e. The lowest BCUT2D eigenvalue weighted by molar-refractivity contribution is -0.121. The Morgan fingerprint density at radius 3 is 2.52 bits per heavy atom. The van der Waals surface area contributed by atoms with Crippen molar-refractivity contribution >= 4 is 35.8 Å². The second-order valence-electron chi connectivity index (χ2n) is 7.54. The molecule has 8 heteroatoms. The minimum absolute atomic E-state index is 0. The molecule has 27 heavy (non-hydrogen) atoms. The van der Waals surface area contributed by atoms with Crippen molar-refractivity contribution in [3.63, 3.8) is 0 Å². The molecule has 0 bridgehead atoms. The van der Waals surface area contributed by atoms with Gasteiger partial charge < -0.3 is 25.3 Å². The van der Waals surface area contributed by atoms with Crippen molar-refractivity contribution in [1.82, 2.24) is 25.3 Å². The molecule has 0 atom stereocenters. The van der Waals surface area contributed by atoms with Gasteiger partial charge in [-0.2, -0.15) is 0 Å². The van der Waals surface area contributed by atoms with E-state index in [4.69, 9.17) is 4.99 Å². The average Bonchev–Trinajstić information content (AvgIpc) is 2.86. The number of hydrogen-bond acceptors (Lipinski definition) is 4. The van der Waals surface area contributed by atoms with Gasteiger partial charge >= 0.3 is 0 Å². The van der Waals surface area contributed by atoms with Crippen molar-refractivity contribution in [1.29, 1.82) is 0 Å². The number of guanidine groups is 1. The number of halogens is 1. The molecule has 2 fully saturated rings. The van der Waals surface area contributed by atoms with Gasteiger partial charge in [-0.15, -0.1) is 24.0 Å². The Morgan fingerprint density at radius 1 is 1.11 bits per heavy atom. The third kappa shape index (κ3) is 8.95. The highest BCUT2D eigenvalue weighted by Gasteiger charge is 2.23. The summed E-state index contributed by atoms with van der Waals surface area (Å²) in [6, 6.07) is 0. The number of aliphatic imine (C=N–C) groups is 1. The highest BCUT2D eigenvalue weighted by atomic mass is 127. The van der Waals surface area contributed by atoms with E-state index < -0.39 is 0 Å². The van der Waals surface area contributed by atoms with E-state index in [9.17, 15) is 4.79 Å². The zero-order valence-electron chi connectivity index (χ0n) is 17.4. The summed E-state index contributed by atoms with van der Waals surface area (Å²) in [5, 5.41) is 6.18. The van der Waals surface area contributed by atoms with E-state index in [1.165, 1.54) is 19.5 Å². The molecule has 2 aliphatic rings. The molecule has 0 unspecified atom stereocenters. The largest absolute Gasteiger partial charge is 0.359 e. The van der Waals surface area contributed by atoms with Gasteiger partial charge in [0.05, 0.1) is 6.54 Å². The van der Waals surface area contributed by atoms with E-state index in [1.807, 2.05) is 0 Å². The lowest BCUT2D eigenvalue weighted by atomic mass is 9.93. The van der Waals surface area contributed by atoms with Crippen LogP contribution in [-0.4, -0.2) is 99.6 Å². The van der Waals surface area contributed by atoms with Gasteiger partial charge in [-0.05, 0) is 52.2 Å². The predicted molar refractivity (Wildman–Crippen MR) is 123 cm³/mol. The molecule has 0 spiro atoms. The topological polar surface area (TPSA) is 63.2 Å². The van der Waals surface area contributed by atoms with E-state index in [-0.39, 0.29) is 29.9 Å². The van der Waals surface area contributed by atoms with Crippen LogP contribution in [0.3, 0.4) is 0 Å². The van der Waals surface area contributed by atoms with Crippen LogP contribution in [0.25, 0.3) is 0 Å². The van der Waals surface area contributed by atoms with Crippen LogP contribution in [0.15, 0.2) is 4.99 Å². The van der Waals surface area contributed by atoms with Crippen molar-refractivity contribution in [2.24, 2.45) is 10.9 Å². The van der Waals surface area contributed by atoms with Crippen LogP contribution >= 0.6 is 24.0 Å². The highest BCUT2D eigenvalue weighted by Crippen LogP contribution is 2.20. The minimum atomic E-state index is 0. The number of likely N-dealkylation sites (tertiary alicyclic amines) is 1. The number of carbonyl (C=O) groups excluding carboxylic acids is 1. The summed E-state index contributed by atoms with van der Waals surface area (Å²) in [7, 11) is 3.93. The summed E-state index contributed by atoms with van der Waals surface area (Å²) in [5.41, 5.74) is 0. The summed E-state index contributed by atoms with van der Waals surface area (Å²) in [6.45, 7) is 11.6. The molecule has 1 amide bonds. The summed E-state index contributed by atoms with van der Waals surface area (Å²) in [6.07, 6.45) is 4.03. The molecular weight excluding hydrogens is 455 g/mol. The molecule has 0 saturated carbocycles. The Morgan fingerprint density at radius 2 is 1.85 bits per heavy atom. The number of likely N-dealkylation sites (N-methyl/N-ethyl adjacent to an activating group) is 1. The maximum atomic E-state index is 11.6. The first-order valence-corrected chi connectivity index (χ1v) is 10.3. The molecule has 2 N–H and O–H groups in total. The quantitative estimate of drug-likeness (QED) is 0.329. The average molecular weight is 494 g/mol. The van der Waals surface area contributed by atoms with Crippen LogP contribution in [0.4, 0.5) is 0 Å². The van der Waals surface area contributed by atoms with E-state index in [2.05, 4.69) is 39.3 Å². The van der Waals surface area contributed by atoms with E-state index in [0.717, 1.165) is 64.6 Å². The summed E-state index contributed by atoms with van der Waals surface area (Å²) >= 11 is 0. The van der Waals surface area contributed by atoms with E-state index in [0.29, 0.717) is 12.3 Å². The van der Waals surface area contributed by atoms with Crippen LogP contribution in [0.2, 0.25) is 0 Å². The molecule has 0 aromatic carbocycles. The van der Waals surface area contributed by atoms with Crippen LogP contribution in [0.5, 0.6) is 0 Å². The van der Waals surface area contributed by atoms with Crippen molar-refractivity contribution in [2.45, 2.75) is 32.6 Å². The van der Waals surface area contributed by atoms with Gasteiger partial charge in [-0.1, -0.05) is 0 Å². The molecule has 0 aromatic heterocycles. The molecule has 2 saturated heterocycles. The maximum Gasteiger partial charge on any atom is 0.220 e. The number of nitrogens with zero attached hydrogens (tertiary/aromatic N) is 4. The minimum Gasteiger partial charge on any atom is -0.359 e. The number of nitrogens with one attached hydrogen (secondary N) is 2. The molecule has 158 valence electrons. The van der Waals surface area contributed by atoms with Gasteiger partial charge in [0.15, 0.2) is 5.96 Å². The molecule has 2 heterocycles. The molecule has 0 radical (unpaired) electrons. The number of amides is 1. The molecule has 2 rings (SSSR count). The highest BCUT2D eigenvalue weighted by molar-refractivity contribution is 14.0. The Kier molecular flexibility index (Phi) is 12.3. The fourth-order valence-electron chi connectivity index (χ4n) is 3.76. The van der Waals surface area contributed by atoms with Gasteiger partial charge in [0.25, 0.3) is 0 Å². The lowest BCUT2D eigenvalue weighted by Crippen LogP contribution is -2.46. The normalized spacial score (nSPS) is 20.7. The standard InChI is InChI=1S/C19H38N6O.HI/c1-4-21-19(22-8-13-24-10-5-9-23(3)14-15-24)25-11-6-17(7-12-25)16-18(26)20-2;/h17H,4-16H2,1-3H3,(H,20,26)(H,21,22);1H. The molecular formula is C19H39IN6O. The Labute approximate surface area is 182 Å². The molecule has 7 nitrogen and oxygen atoms in total. The monoisotopic (exact) mass is 494 g/mol. The molecule has 0 aliphatic carbocycles. The van der Waals surface area contributed by atoms with Gasteiger partial charge in [0.1, 0.15) is 0 Å². The first-order valence-electron chi connectivity index (χ1n) is 10.3. The maximum absolute atomic E-state index is 11.6. The number of rotatable bonds is 6. The summed E-state index contributed by atoms with van der Waals surface area (Å²) in [5.74, 6) is 1.70. The summed E-state index contributed by atoms with van der Waals surface area (Å²) in [4.78, 5) is 23.8. The Bertz CT molecular complexity index is 453. The van der Waals surface area contributed by atoms with Crippen LogP contribution in [-0.2, 0) is 4.79 Å². The zero-order valence-corrected chi connectivity index (χ0v) is 19.7. The van der Waals surface area contributed by atoms with E-state index in [1.54, 1.807) is 7.05 Å². The van der Waals surface area contributed by atoms with Gasteiger partial charge in [0.2, 0.25) is 5.91 Å². The second kappa shape index (κ2) is 13.5. The third-order valence-corrected chi connectivity index (χ3v) is 5.49. The zero-order chi connectivity index (χ0) is 18.8.